The number of ketones is 1. The molecule has 1 N–H and O–H groups in total. The molecule has 10 nitrogen and oxygen atoms in total. The Kier molecular flexibility index (Phi) is 8.42. The molecule has 0 bridgehead atoms. The van der Waals surface area contributed by atoms with Gasteiger partial charge in [-0.3, -0.25) is 14.4 Å². The molecule has 0 aromatic carbocycles. The smallest absolute Gasteiger partial charge is 0.333 e. The molecule has 2 heterocycles. The Bertz CT molecular complexity index is 1560. The first kappa shape index (κ1) is 34.6. The van der Waals surface area contributed by atoms with Gasteiger partial charge in [0.25, 0.3) is 0 Å². The maximum absolute atomic E-state index is 14.1. The number of hydrogen-bond acceptors (Lipinski definition) is 10. The van der Waals surface area contributed by atoms with Crippen LogP contribution in [0, 0.1) is 39.4 Å². The van der Waals surface area contributed by atoms with Gasteiger partial charge in [0.2, 0.25) is 0 Å². The number of aliphatic hydroxyl groups is 1. The fourth-order valence-electron chi connectivity index (χ4n) is 10.7. The van der Waals surface area contributed by atoms with Crippen LogP contribution in [0.15, 0.2) is 46.3 Å². The van der Waals surface area contributed by atoms with Crippen LogP contribution in [0.1, 0.15) is 93.1 Å². The van der Waals surface area contributed by atoms with Gasteiger partial charge < -0.3 is 28.5 Å². The Labute approximate surface area is 282 Å². The molecule has 48 heavy (non-hydrogen) atoms. The van der Waals surface area contributed by atoms with E-state index in [9.17, 15) is 24.3 Å². The molecular weight excluding hydrogens is 616 g/mol. The van der Waals surface area contributed by atoms with E-state index in [4.69, 9.17) is 23.4 Å². The molecule has 5 aliphatic rings. The monoisotopic (exact) mass is 666 g/mol. The molecule has 4 fully saturated rings. The summed E-state index contributed by atoms with van der Waals surface area (Å²) in [5, 5.41) is 12.3. The third-order valence-electron chi connectivity index (χ3n) is 13.4. The molecule has 1 aliphatic heterocycles. The molecular formula is C38H50O10. The van der Waals surface area contributed by atoms with Crippen molar-refractivity contribution >= 4 is 23.7 Å². The second-order valence-electron chi connectivity index (χ2n) is 15.8. The van der Waals surface area contributed by atoms with E-state index in [1.807, 2.05) is 41.5 Å². The van der Waals surface area contributed by atoms with Crippen LogP contribution in [-0.2, 0) is 38.1 Å². The molecule has 3 saturated carbocycles. The summed E-state index contributed by atoms with van der Waals surface area (Å²) in [6, 6.07) is 1.76. The summed E-state index contributed by atoms with van der Waals surface area (Å²) in [5.74, 6) is -3.37. The summed E-state index contributed by atoms with van der Waals surface area (Å²) in [6.07, 6.45) is 3.61. The number of furan rings is 1. The van der Waals surface area contributed by atoms with Gasteiger partial charge in [-0.25, -0.2) is 4.79 Å². The maximum Gasteiger partial charge on any atom is 0.333 e. The van der Waals surface area contributed by atoms with E-state index < -0.39 is 81.9 Å². The van der Waals surface area contributed by atoms with Gasteiger partial charge >= 0.3 is 17.9 Å². The molecule has 1 aromatic heterocycles. The van der Waals surface area contributed by atoms with Crippen molar-refractivity contribution in [1.29, 1.82) is 0 Å². The number of aliphatic hydroxyl groups excluding tert-OH is 1. The van der Waals surface area contributed by atoms with E-state index in [-0.39, 0.29) is 30.7 Å². The van der Waals surface area contributed by atoms with E-state index in [0.717, 1.165) is 5.57 Å². The highest BCUT2D eigenvalue weighted by molar-refractivity contribution is 6.01. The fraction of sp³-hybridized carbons (Fsp3) is 0.684. The zero-order chi connectivity index (χ0) is 35.1. The van der Waals surface area contributed by atoms with E-state index in [2.05, 4.69) is 0 Å². The third-order valence-corrected chi connectivity index (χ3v) is 13.4. The quantitative estimate of drug-likeness (QED) is 0.226. The van der Waals surface area contributed by atoms with Gasteiger partial charge in [0.1, 0.15) is 18.3 Å². The Morgan fingerprint density at radius 3 is 2.38 bits per heavy atom. The molecule has 1 saturated heterocycles. The summed E-state index contributed by atoms with van der Waals surface area (Å²) in [4.78, 5) is 53.7. The topological polar surface area (TPSA) is 139 Å². The largest absolute Gasteiger partial charge is 0.472 e. The van der Waals surface area contributed by atoms with E-state index >= 15 is 0 Å². The Hall–Kier alpha value is -3.24. The number of rotatable bonds is 7. The predicted octanol–water partition coefficient (Wildman–Crippen LogP) is 5.48. The van der Waals surface area contributed by atoms with Crippen molar-refractivity contribution in [1.82, 2.24) is 0 Å². The van der Waals surface area contributed by atoms with Crippen LogP contribution in [0.4, 0.5) is 0 Å². The third kappa shape index (κ3) is 4.57. The normalized spacial score (nSPS) is 43.8. The van der Waals surface area contributed by atoms with Gasteiger partial charge in [-0.1, -0.05) is 47.6 Å². The molecule has 4 aliphatic carbocycles. The van der Waals surface area contributed by atoms with Crippen LogP contribution in [0.25, 0.3) is 0 Å². The minimum absolute atomic E-state index is 0.153. The zero-order valence-corrected chi connectivity index (χ0v) is 29.5. The van der Waals surface area contributed by atoms with Crippen LogP contribution in [-0.4, -0.2) is 65.9 Å². The number of carbonyl (C=O) groups excluding carboxylic acids is 4. The van der Waals surface area contributed by atoms with E-state index in [1.54, 1.807) is 38.3 Å². The molecule has 1 aromatic rings. The van der Waals surface area contributed by atoms with E-state index in [1.165, 1.54) is 13.2 Å². The lowest BCUT2D eigenvalue weighted by molar-refractivity contribution is -0.272. The Morgan fingerprint density at radius 2 is 1.77 bits per heavy atom. The highest BCUT2D eigenvalue weighted by Crippen LogP contribution is 2.75. The lowest BCUT2D eigenvalue weighted by Gasteiger charge is -2.69. The van der Waals surface area contributed by atoms with Crippen LogP contribution < -0.4 is 0 Å². The van der Waals surface area contributed by atoms with Crippen LogP contribution >= 0.6 is 0 Å². The number of carbonyl (C=O) groups is 4. The summed E-state index contributed by atoms with van der Waals surface area (Å²) in [5.41, 5.74) is -1.76. The van der Waals surface area contributed by atoms with Gasteiger partial charge in [0.15, 0.2) is 5.78 Å². The summed E-state index contributed by atoms with van der Waals surface area (Å²) >= 11 is 0. The molecule has 10 heteroatoms. The van der Waals surface area contributed by atoms with Gasteiger partial charge in [-0.05, 0) is 50.3 Å². The zero-order valence-electron chi connectivity index (χ0n) is 29.5. The molecule has 0 radical (unpaired) electrons. The Balaban J connectivity index is 1.56. The van der Waals surface area contributed by atoms with Gasteiger partial charge in [-0.15, -0.1) is 0 Å². The Morgan fingerprint density at radius 1 is 1.06 bits per heavy atom. The SMILES string of the molecule is C/C=C(\C)C(=O)O[C@@H]1C[C@H](O)[C@@]2(C)[C@H]3[C@@H](OC[C@]13C)[C@@H](OC(=O)[C@@H](C)CC)[C@@]1(C)C3=CC(=O)[C@@H](c4ccoc4)[C@]3(C)[C@H](OC(C)=O)C[C@@H]12. The number of hydrogen-bond donors (Lipinski definition) is 1. The highest BCUT2D eigenvalue weighted by Gasteiger charge is 2.79. The van der Waals surface area contributed by atoms with Crippen LogP contribution in [0.3, 0.4) is 0 Å². The molecule has 0 unspecified atom stereocenters. The van der Waals surface area contributed by atoms with E-state index in [0.29, 0.717) is 24.0 Å². The summed E-state index contributed by atoms with van der Waals surface area (Å²) < 4.78 is 31.0. The fourth-order valence-corrected chi connectivity index (χ4v) is 10.7. The van der Waals surface area contributed by atoms with Crippen molar-refractivity contribution in [3.05, 3.63) is 47.5 Å². The average molecular weight is 667 g/mol. The number of allylic oxidation sites excluding steroid dienone is 2. The highest BCUT2D eigenvalue weighted by atomic mass is 16.6. The average Bonchev–Trinajstić information content (AvgIpc) is 3.75. The van der Waals surface area contributed by atoms with Crippen molar-refractivity contribution in [3.63, 3.8) is 0 Å². The first-order chi connectivity index (χ1) is 22.5. The summed E-state index contributed by atoms with van der Waals surface area (Å²) in [7, 11) is 0. The van der Waals surface area contributed by atoms with Gasteiger partial charge in [-0.2, -0.15) is 0 Å². The number of esters is 3. The lowest BCUT2D eigenvalue weighted by atomic mass is 9.36. The minimum Gasteiger partial charge on any atom is -0.472 e. The lowest BCUT2D eigenvalue weighted by Crippen LogP contribution is -2.74. The summed E-state index contributed by atoms with van der Waals surface area (Å²) in [6.45, 7) is 16.9. The van der Waals surface area contributed by atoms with Crippen LogP contribution in [0.2, 0.25) is 0 Å². The van der Waals surface area contributed by atoms with Gasteiger partial charge in [0.05, 0.1) is 43.2 Å². The predicted molar refractivity (Wildman–Crippen MR) is 173 cm³/mol. The van der Waals surface area contributed by atoms with Crippen molar-refractivity contribution in [3.8, 4) is 0 Å². The second kappa shape index (κ2) is 11.7. The molecule has 6 rings (SSSR count). The maximum atomic E-state index is 14.1. The van der Waals surface area contributed by atoms with Crippen molar-refractivity contribution in [2.45, 2.75) is 118 Å². The number of fused-ring (bicyclic) bond motifs is 4. The van der Waals surface area contributed by atoms with Crippen molar-refractivity contribution in [2.24, 2.45) is 39.4 Å². The number of ether oxygens (including phenoxy) is 4. The molecule has 0 amide bonds. The first-order valence-corrected chi connectivity index (χ1v) is 17.3. The molecule has 0 spiro atoms. The second-order valence-corrected chi connectivity index (χ2v) is 15.8. The standard InChI is InChI=1S/C38H50O10/c1-10-19(3)33(42)47-27-16-26(41)37(8)25-15-28(46-21(5)39)38(9)24(14-23(40)29(38)22-12-13-44-17-22)36(25,7)32(48-34(43)20(4)11-2)30-31(37)35(27,6)18-45-30/h10,12-14,17,20,25-32,41H,11,15-16,18H2,1-9H3/b19-10+/t20-,25-,26-,27+,28+,29+,30+,31-,32+,35+,36-,37-,38-/m0/s1. The molecule has 13 atom stereocenters. The van der Waals surface area contributed by atoms with Crippen LogP contribution in [0.5, 0.6) is 0 Å². The molecule has 262 valence electrons. The first-order valence-electron chi connectivity index (χ1n) is 17.3. The minimum atomic E-state index is -1.01. The van der Waals surface area contributed by atoms with Crippen molar-refractivity contribution in [2.75, 3.05) is 6.61 Å². The van der Waals surface area contributed by atoms with Crippen molar-refractivity contribution < 1.29 is 47.6 Å². The van der Waals surface area contributed by atoms with Gasteiger partial charge in [0, 0.05) is 52.1 Å².